The number of benzene rings is 1. The van der Waals surface area contributed by atoms with Crippen LogP contribution in [0.1, 0.15) is 52.2 Å². The number of sulfonamides is 1. The van der Waals surface area contributed by atoms with Gasteiger partial charge in [0.2, 0.25) is 10.0 Å². The number of hydrogen-bond donors (Lipinski definition) is 0. The Balaban J connectivity index is 1.20. The predicted octanol–water partition coefficient (Wildman–Crippen LogP) is 1.60. The molecule has 2 fully saturated rings. The Morgan fingerprint density at radius 3 is 2.00 bits per heavy atom. The molecule has 0 spiro atoms. The van der Waals surface area contributed by atoms with Gasteiger partial charge in [0.1, 0.15) is 0 Å². The highest BCUT2D eigenvalue weighted by Gasteiger charge is 2.29. The molecule has 3 aliphatic rings. The van der Waals surface area contributed by atoms with Crippen molar-refractivity contribution in [1.82, 2.24) is 23.9 Å². The number of aromatic nitrogens is 2. The molecule has 176 valence electrons. The Morgan fingerprint density at radius 1 is 0.758 bits per heavy atom. The Kier molecular flexibility index (Phi) is 5.96. The first-order valence-electron chi connectivity index (χ1n) is 11.7. The van der Waals surface area contributed by atoms with E-state index in [1.807, 2.05) is 10.7 Å². The summed E-state index contributed by atoms with van der Waals surface area (Å²) in [6, 6.07) is 8.09. The molecule has 0 saturated carbocycles. The first kappa shape index (κ1) is 22.1. The van der Waals surface area contributed by atoms with E-state index in [1.165, 1.54) is 16.4 Å². The fourth-order valence-corrected chi connectivity index (χ4v) is 6.34. The van der Waals surface area contributed by atoms with E-state index in [1.54, 1.807) is 21.9 Å². The molecule has 1 aromatic heterocycles. The maximum atomic E-state index is 12.9. The molecule has 33 heavy (non-hydrogen) atoms. The van der Waals surface area contributed by atoms with Crippen molar-refractivity contribution in [2.45, 2.75) is 43.5 Å². The van der Waals surface area contributed by atoms with Crippen molar-refractivity contribution >= 4 is 21.8 Å². The van der Waals surface area contributed by atoms with Crippen molar-refractivity contribution in [2.24, 2.45) is 0 Å². The third-order valence-corrected chi connectivity index (χ3v) is 8.71. The van der Waals surface area contributed by atoms with Gasteiger partial charge in [-0.3, -0.25) is 14.3 Å². The third kappa shape index (κ3) is 4.29. The number of carbonyl (C=O) groups excluding carboxylic acids is 2. The lowest BCUT2D eigenvalue weighted by molar-refractivity contribution is 0.0531. The molecular formula is C23H29N5O4S. The van der Waals surface area contributed by atoms with E-state index in [2.05, 4.69) is 5.10 Å². The molecule has 3 aliphatic heterocycles. The van der Waals surface area contributed by atoms with Crippen LogP contribution in [0.5, 0.6) is 0 Å². The smallest absolute Gasteiger partial charge is 0.274 e. The van der Waals surface area contributed by atoms with E-state index in [9.17, 15) is 18.0 Å². The summed E-state index contributed by atoms with van der Waals surface area (Å²) in [7, 11) is -3.49. The van der Waals surface area contributed by atoms with Crippen molar-refractivity contribution in [2.75, 3.05) is 39.3 Å². The van der Waals surface area contributed by atoms with Gasteiger partial charge in [-0.2, -0.15) is 9.40 Å². The highest BCUT2D eigenvalue weighted by atomic mass is 32.2. The van der Waals surface area contributed by atoms with Gasteiger partial charge in [-0.1, -0.05) is 0 Å². The lowest BCUT2D eigenvalue weighted by atomic mass is 10.1. The SMILES string of the molecule is O=C(c1ccc(S(=O)(=O)N2CCCC2)cc1)N1CCN(C(=O)c2cc3n(n2)CCCC3)CC1. The van der Waals surface area contributed by atoms with Gasteiger partial charge in [0.25, 0.3) is 11.8 Å². The van der Waals surface area contributed by atoms with Gasteiger partial charge in [-0.05, 0) is 62.4 Å². The van der Waals surface area contributed by atoms with Gasteiger partial charge < -0.3 is 9.80 Å². The molecule has 0 bridgehead atoms. The van der Waals surface area contributed by atoms with Gasteiger partial charge in [-0.25, -0.2) is 8.42 Å². The number of carbonyl (C=O) groups is 2. The second kappa shape index (κ2) is 8.90. The average molecular weight is 472 g/mol. The molecule has 2 amide bonds. The molecule has 2 aromatic rings. The zero-order valence-corrected chi connectivity index (χ0v) is 19.5. The Morgan fingerprint density at radius 2 is 1.36 bits per heavy atom. The minimum atomic E-state index is -3.49. The Bertz CT molecular complexity index is 1120. The third-order valence-electron chi connectivity index (χ3n) is 6.79. The highest BCUT2D eigenvalue weighted by Crippen LogP contribution is 2.22. The van der Waals surface area contributed by atoms with Crippen molar-refractivity contribution < 1.29 is 18.0 Å². The molecule has 10 heteroatoms. The van der Waals surface area contributed by atoms with Crippen LogP contribution in [-0.2, 0) is 23.0 Å². The molecular weight excluding hydrogens is 442 g/mol. The van der Waals surface area contributed by atoms with Gasteiger partial charge >= 0.3 is 0 Å². The lowest BCUT2D eigenvalue weighted by Crippen LogP contribution is -2.50. The van der Waals surface area contributed by atoms with E-state index in [-0.39, 0.29) is 16.7 Å². The molecule has 9 nitrogen and oxygen atoms in total. The van der Waals surface area contributed by atoms with Gasteiger partial charge in [0.05, 0.1) is 4.90 Å². The molecule has 4 heterocycles. The van der Waals surface area contributed by atoms with Crippen LogP contribution in [0.15, 0.2) is 35.2 Å². The summed E-state index contributed by atoms with van der Waals surface area (Å²) in [5.41, 5.74) is 2.06. The van der Waals surface area contributed by atoms with Crippen LogP contribution in [0.25, 0.3) is 0 Å². The molecule has 0 unspecified atom stereocenters. The van der Waals surface area contributed by atoms with Crippen molar-refractivity contribution in [3.8, 4) is 0 Å². The number of piperazine rings is 1. The van der Waals surface area contributed by atoms with E-state index in [0.29, 0.717) is 50.5 Å². The molecule has 5 rings (SSSR count). The van der Waals surface area contributed by atoms with Crippen molar-refractivity contribution in [1.29, 1.82) is 0 Å². The van der Waals surface area contributed by atoms with Crippen LogP contribution in [0.2, 0.25) is 0 Å². The summed E-state index contributed by atoms with van der Waals surface area (Å²) >= 11 is 0. The molecule has 0 atom stereocenters. The van der Waals surface area contributed by atoms with Crippen LogP contribution in [0, 0.1) is 0 Å². The monoisotopic (exact) mass is 471 g/mol. The minimum absolute atomic E-state index is 0.0829. The van der Waals surface area contributed by atoms with Crippen molar-refractivity contribution in [3.63, 3.8) is 0 Å². The second-order valence-corrected chi connectivity index (χ2v) is 10.9. The summed E-state index contributed by atoms with van der Waals surface area (Å²) in [5.74, 6) is -0.231. The van der Waals surface area contributed by atoms with Crippen molar-refractivity contribution in [3.05, 3.63) is 47.3 Å². The van der Waals surface area contributed by atoms with Crippen LogP contribution in [0.4, 0.5) is 0 Å². The topological polar surface area (TPSA) is 95.8 Å². The number of aryl methyl sites for hydroxylation is 2. The van der Waals surface area contributed by atoms with E-state index in [4.69, 9.17) is 0 Å². The normalized spacial score (nSPS) is 19.5. The summed E-state index contributed by atoms with van der Waals surface area (Å²) < 4.78 is 28.8. The average Bonchev–Trinajstić information content (AvgIpc) is 3.54. The predicted molar refractivity (Wildman–Crippen MR) is 121 cm³/mol. The van der Waals surface area contributed by atoms with E-state index >= 15 is 0 Å². The van der Waals surface area contributed by atoms with Gasteiger partial charge in [0.15, 0.2) is 5.69 Å². The summed E-state index contributed by atoms with van der Waals surface area (Å²) in [5, 5.41) is 4.48. The van der Waals surface area contributed by atoms with Crippen LogP contribution in [0.3, 0.4) is 0 Å². The second-order valence-electron chi connectivity index (χ2n) is 8.92. The number of hydrogen-bond acceptors (Lipinski definition) is 5. The highest BCUT2D eigenvalue weighted by molar-refractivity contribution is 7.89. The van der Waals surface area contributed by atoms with Crippen LogP contribution in [-0.4, -0.2) is 83.4 Å². The van der Waals surface area contributed by atoms with Crippen LogP contribution >= 0.6 is 0 Å². The maximum Gasteiger partial charge on any atom is 0.274 e. The number of amides is 2. The van der Waals surface area contributed by atoms with Gasteiger partial charge in [0, 0.05) is 57.1 Å². The molecule has 0 N–H and O–H groups in total. The molecule has 0 aliphatic carbocycles. The number of rotatable bonds is 4. The van der Waals surface area contributed by atoms with Crippen LogP contribution < -0.4 is 0 Å². The standard InChI is InChI=1S/C23H29N5O4S/c29-22(18-6-8-20(9-7-18)33(31,32)27-10-3-4-11-27)25-13-15-26(16-14-25)23(30)21-17-19-5-1-2-12-28(19)24-21/h6-9,17H,1-5,10-16H2. The number of nitrogens with zero attached hydrogens (tertiary/aromatic N) is 5. The quantitative estimate of drug-likeness (QED) is 0.675. The molecule has 0 radical (unpaired) electrons. The summed E-state index contributed by atoms with van der Waals surface area (Å²) in [6.07, 6.45) is 4.95. The van der Waals surface area contributed by atoms with E-state index in [0.717, 1.165) is 44.3 Å². The number of fused-ring (bicyclic) bond motifs is 1. The molecule has 2 saturated heterocycles. The first-order chi connectivity index (χ1) is 15.9. The Labute approximate surface area is 194 Å². The zero-order valence-electron chi connectivity index (χ0n) is 18.6. The summed E-state index contributed by atoms with van der Waals surface area (Å²) in [4.78, 5) is 29.5. The Hall–Kier alpha value is -2.72. The minimum Gasteiger partial charge on any atom is -0.335 e. The first-order valence-corrected chi connectivity index (χ1v) is 13.1. The van der Waals surface area contributed by atoms with Gasteiger partial charge in [-0.15, -0.1) is 0 Å². The maximum absolute atomic E-state index is 12.9. The fraction of sp³-hybridized carbons (Fsp3) is 0.522. The zero-order chi connectivity index (χ0) is 23.0. The lowest BCUT2D eigenvalue weighted by Gasteiger charge is -2.34. The van der Waals surface area contributed by atoms with E-state index < -0.39 is 10.0 Å². The summed E-state index contributed by atoms with van der Waals surface area (Å²) in [6.45, 7) is 3.74. The fourth-order valence-electron chi connectivity index (χ4n) is 4.83. The largest absolute Gasteiger partial charge is 0.335 e. The molecule has 1 aromatic carbocycles.